The summed E-state index contributed by atoms with van der Waals surface area (Å²) >= 11 is -0.131. The SMILES string of the molecule is O=C(NCCSC(F)(F)F)c1ccc2c(c1)CCCN2. The van der Waals surface area contributed by atoms with Gasteiger partial charge in [-0.3, -0.25) is 4.79 Å². The van der Waals surface area contributed by atoms with Gasteiger partial charge in [0, 0.05) is 30.1 Å². The van der Waals surface area contributed by atoms with Crippen LogP contribution in [0.25, 0.3) is 0 Å². The Morgan fingerprint density at radius 1 is 1.40 bits per heavy atom. The van der Waals surface area contributed by atoms with Crippen molar-refractivity contribution in [1.29, 1.82) is 0 Å². The van der Waals surface area contributed by atoms with E-state index in [0.717, 1.165) is 30.6 Å². The molecule has 2 N–H and O–H groups in total. The molecule has 7 heteroatoms. The number of alkyl halides is 3. The van der Waals surface area contributed by atoms with Crippen LogP contribution < -0.4 is 10.6 Å². The van der Waals surface area contributed by atoms with Crippen molar-refractivity contribution in [2.75, 3.05) is 24.2 Å². The van der Waals surface area contributed by atoms with Crippen LogP contribution in [0, 0.1) is 0 Å². The Bertz CT molecular complexity index is 491. The molecule has 1 aliphatic heterocycles. The third-order valence-electron chi connectivity index (χ3n) is 2.96. The van der Waals surface area contributed by atoms with Crippen LogP contribution in [0.5, 0.6) is 0 Å². The second kappa shape index (κ2) is 6.39. The van der Waals surface area contributed by atoms with Crippen molar-refractivity contribution >= 4 is 23.4 Å². The van der Waals surface area contributed by atoms with E-state index in [1.165, 1.54) is 0 Å². The van der Waals surface area contributed by atoms with Crippen molar-refractivity contribution in [3.05, 3.63) is 29.3 Å². The molecule has 0 fully saturated rings. The molecule has 110 valence electrons. The molecule has 3 nitrogen and oxygen atoms in total. The molecule has 0 saturated heterocycles. The van der Waals surface area contributed by atoms with E-state index in [2.05, 4.69) is 10.6 Å². The van der Waals surface area contributed by atoms with Crippen LogP contribution in [0.15, 0.2) is 18.2 Å². The Hall–Kier alpha value is -1.37. The average molecular weight is 304 g/mol. The predicted molar refractivity (Wildman–Crippen MR) is 74.1 cm³/mol. The summed E-state index contributed by atoms with van der Waals surface area (Å²) in [5, 5.41) is 5.74. The minimum absolute atomic E-state index is 0.00164. The standard InChI is InChI=1S/C13H15F3N2OS/c14-13(15,16)20-7-6-18-12(19)10-3-4-11-9(8-10)2-1-5-17-11/h3-4,8,17H,1-2,5-7H2,(H,18,19). The van der Waals surface area contributed by atoms with Crippen molar-refractivity contribution in [3.8, 4) is 0 Å². The normalized spacial score (nSPS) is 14.3. The molecule has 1 amide bonds. The zero-order chi connectivity index (χ0) is 14.6. The molecular formula is C13H15F3N2OS. The fourth-order valence-corrected chi connectivity index (χ4v) is 2.49. The highest BCUT2D eigenvalue weighted by molar-refractivity contribution is 8.00. The van der Waals surface area contributed by atoms with Crippen LogP contribution in [0.2, 0.25) is 0 Å². The smallest absolute Gasteiger partial charge is 0.385 e. The van der Waals surface area contributed by atoms with Crippen molar-refractivity contribution in [3.63, 3.8) is 0 Å². The number of aryl methyl sites for hydroxylation is 1. The molecule has 0 bridgehead atoms. The monoisotopic (exact) mass is 304 g/mol. The number of carbonyl (C=O) groups excluding carboxylic acids is 1. The van der Waals surface area contributed by atoms with Crippen LogP contribution in [-0.2, 0) is 6.42 Å². The predicted octanol–water partition coefficient (Wildman–Crippen LogP) is 3.03. The first-order valence-corrected chi connectivity index (χ1v) is 7.30. The average Bonchev–Trinajstić information content (AvgIpc) is 2.42. The Balaban J connectivity index is 1.86. The first kappa shape index (κ1) is 15.0. The summed E-state index contributed by atoms with van der Waals surface area (Å²) in [5.41, 5.74) is -1.65. The van der Waals surface area contributed by atoms with Gasteiger partial charge in [-0.05, 0) is 48.4 Å². The number of amides is 1. The third-order valence-corrected chi connectivity index (χ3v) is 3.69. The van der Waals surface area contributed by atoms with Gasteiger partial charge in [0.1, 0.15) is 0 Å². The lowest BCUT2D eigenvalue weighted by atomic mass is 10.0. The molecule has 0 spiro atoms. The van der Waals surface area contributed by atoms with Gasteiger partial charge in [-0.25, -0.2) is 0 Å². The molecule has 1 heterocycles. The summed E-state index contributed by atoms with van der Waals surface area (Å²) in [6, 6.07) is 5.32. The van der Waals surface area contributed by atoms with E-state index < -0.39 is 5.51 Å². The van der Waals surface area contributed by atoms with Crippen LogP contribution >= 0.6 is 11.8 Å². The zero-order valence-electron chi connectivity index (χ0n) is 10.7. The number of halogens is 3. The van der Waals surface area contributed by atoms with Crippen LogP contribution in [0.3, 0.4) is 0 Å². The number of benzene rings is 1. The van der Waals surface area contributed by atoms with Crippen LogP contribution in [0.4, 0.5) is 18.9 Å². The van der Waals surface area contributed by atoms with Crippen LogP contribution in [0.1, 0.15) is 22.3 Å². The van der Waals surface area contributed by atoms with E-state index in [1.54, 1.807) is 12.1 Å². The van der Waals surface area contributed by atoms with E-state index in [9.17, 15) is 18.0 Å². The lowest BCUT2D eigenvalue weighted by Crippen LogP contribution is -2.26. The fourth-order valence-electron chi connectivity index (χ4n) is 2.05. The third kappa shape index (κ3) is 4.33. The van der Waals surface area contributed by atoms with Gasteiger partial charge in [-0.1, -0.05) is 0 Å². The maximum atomic E-state index is 11.9. The number of fused-ring (bicyclic) bond motifs is 1. The van der Waals surface area contributed by atoms with E-state index in [0.29, 0.717) is 5.56 Å². The fraction of sp³-hybridized carbons (Fsp3) is 0.462. The number of nitrogens with one attached hydrogen (secondary N) is 2. The van der Waals surface area contributed by atoms with Crippen molar-refractivity contribution in [1.82, 2.24) is 5.32 Å². The first-order chi connectivity index (χ1) is 9.46. The highest BCUT2D eigenvalue weighted by Gasteiger charge is 2.27. The van der Waals surface area contributed by atoms with Crippen molar-refractivity contribution < 1.29 is 18.0 Å². The first-order valence-electron chi connectivity index (χ1n) is 6.31. The minimum atomic E-state index is -4.25. The molecular weight excluding hydrogens is 289 g/mol. The van der Waals surface area contributed by atoms with Crippen molar-refractivity contribution in [2.24, 2.45) is 0 Å². The lowest BCUT2D eigenvalue weighted by Gasteiger charge is -2.18. The van der Waals surface area contributed by atoms with E-state index in [-0.39, 0.29) is 30.0 Å². The summed E-state index contributed by atoms with van der Waals surface area (Å²) in [7, 11) is 0. The molecule has 0 aliphatic carbocycles. The maximum absolute atomic E-state index is 11.9. The molecule has 20 heavy (non-hydrogen) atoms. The Labute approximate surface area is 119 Å². The lowest BCUT2D eigenvalue weighted by molar-refractivity contribution is -0.0327. The summed E-state index contributed by atoms with van der Waals surface area (Å²) < 4.78 is 35.8. The molecule has 0 unspecified atom stereocenters. The van der Waals surface area contributed by atoms with Gasteiger partial charge in [0.2, 0.25) is 0 Å². The van der Waals surface area contributed by atoms with Gasteiger partial charge >= 0.3 is 5.51 Å². The number of hydrogen-bond acceptors (Lipinski definition) is 3. The van der Waals surface area contributed by atoms with E-state index in [4.69, 9.17) is 0 Å². The van der Waals surface area contributed by atoms with Gasteiger partial charge in [0.25, 0.3) is 5.91 Å². The van der Waals surface area contributed by atoms with Crippen molar-refractivity contribution in [2.45, 2.75) is 18.3 Å². The number of carbonyl (C=O) groups is 1. The largest absolute Gasteiger partial charge is 0.441 e. The number of anilines is 1. The van der Waals surface area contributed by atoms with Gasteiger partial charge in [-0.2, -0.15) is 13.2 Å². The molecule has 0 aromatic heterocycles. The molecule has 1 aliphatic rings. The zero-order valence-corrected chi connectivity index (χ0v) is 11.5. The summed E-state index contributed by atoms with van der Waals surface area (Å²) in [4.78, 5) is 11.8. The molecule has 0 radical (unpaired) electrons. The number of thioether (sulfide) groups is 1. The Morgan fingerprint density at radius 3 is 2.95 bits per heavy atom. The van der Waals surface area contributed by atoms with Gasteiger partial charge < -0.3 is 10.6 Å². The highest BCUT2D eigenvalue weighted by Crippen LogP contribution is 2.29. The quantitative estimate of drug-likeness (QED) is 0.840. The summed E-state index contributed by atoms with van der Waals surface area (Å²) in [5.74, 6) is -0.511. The Morgan fingerprint density at radius 2 is 2.20 bits per heavy atom. The van der Waals surface area contributed by atoms with Crippen LogP contribution in [-0.4, -0.2) is 30.3 Å². The highest BCUT2D eigenvalue weighted by atomic mass is 32.2. The molecule has 2 rings (SSSR count). The Kier molecular flexibility index (Phi) is 4.80. The minimum Gasteiger partial charge on any atom is -0.385 e. The van der Waals surface area contributed by atoms with Gasteiger partial charge in [0.15, 0.2) is 0 Å². The second-order valence-corrected chi connectivity index (χ2v) is 5.61. The molecule has 1 aromatic carbocycles. The molecule has 0 atom stereocenters. The topological polar surface area (TPSA) is 41.1 Å². The van der Waals surface area contributed by atoms with Gasteiger partial charge in [0.05, 0.1) is 0 Å². The molecule has 1 aromatic rings. The van der Waals surface area contributed by atoms with E-state index >= 15 is 0 Å². The summed E-state index contributed by atoms with van der Waals surface area (Å²) in [6.45, 7) is 0.922. The second-order valence-electron chi connectivity index (χ2n) is 4.45. The molecule has 0 saturated carbocycles. The number of hydrogen-bond donors (Lipinski definition) is 2. The summed E-state index contributed by atoms with van der Waals surface area (Å²) in [6.07, 6.45) is 1.92. The van der Waals surface area contributed by atoms with E-state index in [1.807, 2.05) is 6.07 Å². The maximum Gasteiger partial charge on any atom is 0.441 e. The number of rotatable bonds is 4. The van der Waals surface area contributed by atoms with Gasteiger partial charge in [-0.15, -0.1) is 0 Å².